The molecule has 1 rings (SSSR count). The van der Waals surface area contributed by atoms with Crippen molar-refractivity contribution < 1.29 is 19.5 Å². The van der Waals surface area contributed by atoms with Gasteiger partial charge >= 0.3 is 5.97 Å². The molecule has 0 aliphatic carbocycles. The number of aliphatic carboxylic acids is 1. The first-order chi connectivity index (χ1) is 12.7. The van der Waals surface area contributed by atoms with E-state index in [4.69, 9.17) is 5.73 Å². The fourth-order valence-electron chi connectivity index (χ4n) is 2.61. The van der Waals surface area contributed by atoms with Gasteiger partial charge in [0.1, 0.15) is 12.1 Å². The van der Waals surface area contributed by atoms with Crippen LogP contribution in [0.15, 0.2) is 30.3 Å². The summed E-state index contributed by atoms with van der Waals surface area (Å²) in [7, 11) is 0. The molecule has 2 amide bonds. The molecule has 0 fully saturated rings. The molecule has 27 heavy (non-hydrogen) atoms. The van der Waals surface area contributed by atoms with Crippen LogP contribution in [0.25, 0.3) is 0 Å². The van der Waals surface area contributed by atoms with Crippen LogP contribution in [0.2, 0.25) is 0 Å². The lowest BCUT2D eigenvalue weighted by atomic mass is 9.97. The second-order valence-corrected chi connectivity index (χ2v) is 7.23. The third-order valence-electron chi connectivity index (χ3n) is 4.70. The van der Waals surface area contributed by atoms with E-state index >= 15 is 0 Å². The van der Waals surface area contributed by atoms with Crippen molar-refractivity contribution in [1.82, 2.24) is 10.6 Å². The highest BCUT2D eigenvalue weighted by molar-refractivity contribution is 5.92. The molecule has 0 saturated carbocycles. The fourth-order valence-corrected chi connectivity index (χ4v) is 2.61. The summed E-state index contributed by atoms with van der Waals surface area (Å²) in [5, 5.41) is 14.7. The number of carbonyl (C=O) groups excluding carboxylic acids is 2. The Labute approximate surface area is 160 Å². The van der Waals surface area contributed by atoms with E-state index in [1.54, 1.807) is 26.0 Å². The standard InChI is InChI=1S/C20H31N3O4/c1-5-13(4)16(21)18(24)23-17(12(2)3)19(25)22-15(20(26)27)11-14-9-7-6-8-10-14/h6-10,12-13,15-17H,5,11,21H2,1-4H3,(H,22,25)(H,23,24)(H,26,27). The van der Waals surface area contributed by atoms with Crippen molar-refractivity contribution in [3.8, 4) is 0 Å². The first kappa shape index (κ1) is 22.6. The lowest BCUT2D eigenvalue weighted by molar-refractivity contribution is -0.142. The van der Waals surface area contributed by atoms with Crippen molar-refractivity contribution in [2.45, 2.75) is 58.7 Å². The van der Waals surface area contributed by atoms with Crippen LogP contribution in [-0.2, 0) is 20.8 Å². The highest BCUT2D eigenvalue weighted by Gasteiger charge is 2.30. The number of nitrogens with one attached hydrogen (secondary N) is 2. The van der Waals surface area contributed by atoms with Crippen LogP contribution in [0.4, 0.5) is 0 Å². The van der Waals surface area contributed by atoms with E-state index in [2.05, 4.69) is 10.6 Å². The molecular weight excluding hydrogens is 346 g/mol. The van der Waals surface area contributed by atoms with Crippen molar-refractivity contribution >= 4 is 17.8 Å². The number of carboxylic acids is 1. The number of rotatable bonds is 10. The maximum Gasteiger partial charge on any atom is 0.326 e. The van der Waals surface area contributed by atoms with Gasteiger partial charge in [-0.1, -0.05) is 64.4 Å². The summed E-state index contributed by atoms with van der Waals surface area (Å²) in [6, 6.07) is 6.40. The van der Waals surface area contributed by atoms with Crippen molar-refractivity contribution in [3.63, 3.8) is 0 Å². The average Bonchev–Trinajstić information content (AvgIpc) is 2.64. The lowest BCUT2D eigenvalue weighted by Crippen LogP contribution is -2.57. The first-order valence-electron chi connectivity index (χ1n) is 9.30. The molecule has 4 atom stereocenters. The zero-order valence-corrected chi connectivity index (χ0v) is 16.4. The van der Waals surface area contributed by atoms with Crippen LogP contribution in [0.5, 0.6) is 0 Å². The molecule has 5 N–H and O–H groups in total. The number of hydrogen-bond donors (Lipinski definition) is 4. The summed E-state index contributed by atoms with van der Waals surface area (Å²) >= 11 is 0. The summed E-state index contributed by atoms with van der Waals surface area (Å²) in [5.74, 6) is -2.31. The lowest BCUT2D eigenvalue weighted by Gasteiger charge is -2.26. The molecular formula is C20H31N3O4. The van der Waals surface area contributed by atoms with E-state index in [0.29, 0.717) is 0 Å². The Hall–Kier alpha value is -2.41. The van der Waals surface area contributed by atoms with Gasteiger partial charge in [0.15, 0.2) is 0 Å². The van der Waals surface area contributed by atoms with Gasteiger partial charge < -0.3 is 21.5 Å². The zero-order valence-electron chi connectivity index (χ0n) is 16.4. The maximum atomic E-state index is 12.7. The summed E-state index contributed by atoms with van der Waals surface area (Å²) in [6.45, 7) is 7.37. The van der Waals surface area contributed by atoms with E-state index in [-0.39, 0.29) is 18.3 Å². The van der Waals surface area contributed by atoms with Crippen LogP contribution >= 0.6 is 0 Å². The third-order valence-corrected chi connectivity index (χ3v) is 4.70. The van der Waals surface area contributed by atoms with Crippen LogP contribution in [0.3, 0.4) is 0 Å². The van der Waals surface area contributed by atoms with Gasteiger partial charge in [0.2, 0.25) is 11.8 Å². The largest absolute Gasteiger partial charge is 0.480 e. The smallest absolute Gasteiger partial charge is 0.326 e. The molecule has 0 aliphatic rings. The Bertz CT molecular complexity index is 633. The van der Waals surface area contributed by atoms with Gasteiger partial charge in [0.25, 0.3) is 0 Å². The molecule has 1 aromatic rings. The minimum atomic E-state index is -1.13. The second kappa shape index (κ2) is 10.7. The van der Waals surface area contributed by atoms with E-state index < -0.39 is 35.9 Å². The van der Waals surface area contributed by atoms with Crippen molar-refractivity contribution in [3.05, 3.63) is 35.9 Å². The Morgan fingerprint density at radius 1 is 1.04 bits per heavy atom. The fraction of sp³-hybridized carbons (Fsp3) is 0.550. The van der Waals surface area contributed by atoms with E-state index in [1.165, 1.54) is 0 Å². The van der Waals surface area contributed by atoms with Gasteiger partial charge in [0.05, 0.1) is 6.04 Å². The molecule has 4 unspecified atom stereocenters. The summed E-state index contributed by atoms with van der Waals surface area (Å²) in [6.07, 6.45) is 0.901. The van der Waals surface area contributed by atoms with E-state index in [1.807, 2.05) is 32.0 Å². The number of benzene rings is 1. The Kier molecular flexibility index (Phi) is 8.94. The van der Waals surface area contributed by atoms with Gasteiger partial charge in [0, 0.05) is 6.42 Å². The topological polar surface area (TPSA) is 122 Å². The summed E-state index contributed by atoms with van der Waals surface area (Å²) < 4.78 is 0. The van der Waals surface area contributed by atoms with Gasteiger partial charge in [-0.15, -0.1) is 0 Å². The van der Waals surface area contributed by atoms with E-state index in [9.17, 15) is 19.5 Å². The predicted octanol–water partition coefficient (Wildman–Crippen LogP) is 1.31. The quantitative estimate of drug-likeness (QED) is 0.490. The number of carboxylic acid groups (broad SMARTS) is 1. The highest BCUT2D eigenvalue weighted by Crippen LogP contribution is 2.09. The van der Waals surface area contributed by atoms with Crippen molar-refractivity contribution in [1.29, 1.82) is 0 Å². The molecule has 0 radical (unpaired) electrons. The van der Waals surface area contributed by atoms with Crippen LogP contribution < -0.4 is 16.4 Å². The van der Waals surface area contributed by atoms with Crippen molar-refractivity contribution in [2.75, 3.05) is 0 Å². The monoisotopic (exact) mass is 377 g/mol. The average molecular weight is 377 g/mol. The van der Waals surface area contributed by atoms with Crippen LogP contribution in [0.1, 0.15) is 39.7 Å². The Morgan fingerprint density at radius 3 is 2.11 bits per heavy atom. The number of hydrogen-bond acceptors (Lipinski definition) is 4. The molecule has 7 nitrogen and oxygen atoms in total. The Balaban J connectivity index is 2.83. The maximum absolute atomic E-state index is 12.7. The van der Waals surface area contributed by atoms with E-state index in [0.717, 1.165) is 12.0 Å². The highest BCUT2D eigenvalue weighted by atomic mass is 16.4. The molecule has 0 spiro atoms. The van der Waals surface area contributed by atoms with Gasteiger partial charge in [-0.3, -0.25) is 9.59 Å². The zero-order chi connectivity index (χ0) is 20.6. The molecule has 0 heterocycles. The molecule has 150 valence electrons. The Morgan fingerprint density at radius 2 is 1.63 bits per heavy atom. The third kappa shape index (κ3) is 7.02. The minimum Gasteiger partial charge on any atom is -0.480 e. The second-order valence-electron chi connectivity index (χ2n) is 7.23. The molecule has 0 aromatic heterocycles. The summed E-state index contributed by atoms with van der Waals surface area (Å²) in [4.78, 5) is 36.6. The minimum absolute atomic E-state index is 0.0225. The van der Waals surface area contributed by atoms with Gasteiger partial charge in [-0.25, -0.2) is 4.79 Å². The SMILES string of the molecule is CCC(C)C(N)C(=O)NC(C(=O)NC(Cc1ccccc1)C(=O)O)C(C)C. The van der Waals surface area contributed by atoms with Crippen LogP contribution in [-0.4, -0.2) is 41.0 Å². The number of amides is 2. The molecule has 0 saturated heterocycles. The molecule has 0 bridgehead atoms. The molecule has 7 heteroatoms. The number of nitrogens with two attached hydrogens (primary N) is 1. The molecule has 0 aliphatic heterocycles. The molecule has 1 aromatic carbocycles. The van der Waals surface area contributed by atoms with Gasteiger partial charge in [-0.05, 0) is 17.4 Å². The van der Waals surface area contributed by atoms with Crippen LogP contribution in [0, 0.1) is 11.8 Å². The number of carbonyl (C=O) groups is 3. The summed E-state index contributed by atoms with van der Waals surface area (Å²) in [5.41, 5.74) is 6.73. The predicted molar refractivity (Wildman–Crippen MR) is 104 cm³/mol. The normalized spacial score (nSPS) is 15.5. The van der Waals surface area contributed by atoms with Gasteiger partial charge in [-0.2, -0.15) is 0 Å². The van der Waals surface area contributed by atoms with Crippen molar-refractivity contribution in [2.24, 2.45) is 17.6 Å². The first-order valence-corrected chi connectivity index (χ1v) is 9.30.